The lowest BCUT2D eigenvalue weighted by Crippen LogP contribution is -2.53. The Morgan fingerprint density at radius 3 is 1.62 bits per heavy atom. The molecule has 0 saturated heterocycles. The average Bonchev–Trinajstić information content (AvgIpc) is 2.32. The highest BCUT2D eigenvalue weighted by molar-refractivity contribution is 5.56. The van der Waals surface area contributed by atoms with E-state index in [1.54, 1.807) is 0 Å². The van der Waals surface area contributed by atoms with Crippen LogP contribution in [0, 0.1) is 0 Å². The van der Waals surface area contributed by atoms with E-state index in [1.807, 2.05) is 0 Å². The van der Waals surface area contributed by atoms with Gasteiger partial charge in [-0.05, 0) is 0 Å². The molecule has 0 aliphatic heterocycles. The van der Waals surface area contributed by atoms with Gasteiger partial charge >= 0.3 is 0 Å². The number of rotatable bonds is 7. The van der Waals surface area contributed by atoms with Crippen molar-refractivity contribution in [3.05, 3.63) is 0 Å². The smallest absolute Gasteiger partial charge is 0.151 e. The largest absolute Gasteiger partial charge is 0.394 e. The molecule has 8 nitrogen and oxygen atoms in total. The third kappa shape index (κ3) is 3.76. The molecule has 0 saturated carbocycles. The summed E-state index contributed by atoms with van der Waals surface area (Å²) >= 11 is 0. The highest BCUT2D eigenvalue weighted by Crippen LogP contribution is 2.10. The van der Waals surface area contributed by atoms with Crippen LogP contribution < -0.4 is 0 Å². The van der Waals surface area contributed by atoms with Gasteiger partial charge in [0.05, 0.1) is 6.61 Å². The van der Waals surface area contributed by atoms with Crippen molar-refractivity contribution < 1.29 is 40.5 Å². The van der Waals surface area contributed by atoms with Crippen LogP contribution in [0.2, 0.25) is 0 Å². The maximum atomic E-state index is 10.1. The standard InChI is InChI=1S/C8H16O8/c9-1-3(11)5(13)7(15)8(16)6(14)4(12)2-10/h1,3-8,10-16H,2H2/t3-,4+,5-,6+,7+,8-/m0/s1. The lowest BCUT2D eigenvalue weighted by molar-refractivity contribution is -0.159. The fraction of sp³-hybridized carbons (Fsp3) is 0.875. The summed E-state index contributed by atoms with van der Waals surface area (Å²) in [6, 6.07) is 0. The fourth-order valence-corrected chi connectivity index (χ4v) is 1.02. The van der Waals surface area contributed by atoms with Crippen molar-refractivity contribution in [1.29, 1.82) is 0 Å². The molecular weight excluding hydrogens is 224 g/mol. The molecule has 0 fully saturated rings. The first-order valence-corrected chi connectivity index (χ1v) is 4.51. The molecular formula is C8H16O8. The van der Waals surface area contributed by atoms with E-state index in [9.17, 15) is 15.0 Å². The molecule has 16 heavy (non-hydrogen) atoms. The Labute approximate surface area is 91.0 Å². The second kappa shape index (κ2) is 6.86. The quantitative estimate of drug-likeness (QED) is 0.219. The number of carbonyl (C=O) groups is 1. The van der Waals surface area contributed by atoms with Crippen molar-refractivity contribution in [2.24, 2.45) is 0 Å². The van der Waals surface area contributed by atoms with Gasteiger partial charge in [0.25, 0.3) is 0 Å². The molecule has 6 atom stereocenters. The van der Waals surface area contributed by atoms with Gasteiger partial charge in [-0.25, -0.2) is 0 Å². The number of aldehydes is 1. The average molecular weight is 240 g/mol. The van der Waals surface area contributed by atoms with Gasteiger partial charge in [-0.15, -0.1) is 0 Å². The number of carbonyl (C=O) groups excluding carboxylic acids is 1. The van der Waals surface area contributed by atoms with Crippen molar-refractivity contribution in [2.75, 3.05) is 6.61 Å². The second-order valence-corrected chi connectivity index (χ2v) is 3.34. The number of aliphatic hydroxyl groups is 7. The molecule has 0 spiro atoms. The maximum absolute atomic E-state index is 10.1. The molecule has 8 heteroatoms. The highest BCUT2D eigenvalue weighted by atomic mass is 16.4. The molecule has 0 aliphatic carbocycles. The third-order valence-electron chi connectivity index (χ3n) is 2.12. The first-order chi connectivity index (χ1) is 7.36. The molecule has 0 rings (SSSR count). The van der Waals surface area contributed by atoms with Gasteiger partial charge in [0, 0.05) is 0 Å². The van der Waals surface area contributed by atoms with Crippen LogP contribution >= 0.6 is 0 Å². The minimum atomic E-state index is -2.05. The SMILES string of the molecule is O=C[C@H](O)[C@H](O)[C@@H](O)[C@@H](O)[C@H](O)[C@H](O)CO. The van der Waals surface area contributed by atoms with Crippen molar-refractivity contribution in [3.8, 4) is 0 Å². The van der Waals surface area contributed by atoms with E-state index in [2.05, 4.69) is 0 Å². The van der Waals surface area contributed by atoms with E-state index in [1.165, 1.54) is 0 Å². The highest BCUT2D eigenvalue weighted by Gasteiger charge is 2.36. The lowest BCUT2D eigenvalue weighted by atomic mass is 9.97. The van der Waals surface area contributed by atoms with E-state index in [0.29, 0.717) is 0 Å². The van der Waals surface area contributed by atoms with Crippen molar-refractivity contribution in [3.63, 3.8) is 0 Å². The summed E-state index contributed by atoms with van der Waals surface area (Å²) in [7, 11) is 0. The summed E-state index contributed by atoms with van der Waals surface area (Å²) in [5.74, 6) is 0. The van der Waals surface area contributed by atoms with Crippen LogP contribution in [0.25, 0.3) is 0 Å². The number of aliphatic hydroxyl groups excluding tert-OH is 7. The van der Waals surface area contributed by atoms with Gasteiger partial charge in [0.1, 0.15) is 36.6 Å². The third-order valence-corrected chi connectivity index (χ3v) is 2.12. The van der Waals surface area contributed by atoms with Gasteiger partial charge in [0.2, 0.25) is 0 Å². The molecule has 0 heterocycles. The van der Waals surface area contributed by atoms with Crippen LogP contribution in [-0.4, -0.2) is 85.3 Å². The molecule has 0 aromatic rings. The molecule has 0 aromatic heterocycles. The molecule has 0 amide bonds. The summed E-state index contributed by atoms with van der Waals surface area (Å²) < 4.78 is 0. The van der Waals surface area contributed by atoms with Crippen LogP contribution in [0.5, 0.6) is 0 Å². The normalized spacial score (nSPS) is 22.9. The second-order valence-electron chi connectivity index (χ2n) is 3.34. The van der Waals surface area contributed by atoms with E-state index in [0.717, 1.165) is 0 Å². The van der Waals surface area contributed by atoms with Crippen molar-refractivity contribution in [1.82, 2.24) is 0 Å². The van der Waals surface area contributed by atoms with Crippen molar-refractivity contribution in [2.45, 2.75) is 36.6 Å². The minimum Gasteiger partial charge on any atom is -0.394 e. The lowest BCUT2D eigenvalue weighted by Gasteiger charge is -2.29. The predicted octanol–water partition coefficient (Wildman–Crippen LogP) is -4.66. The summed E-state index contributed by atoms with van der Waals surface area (Å²) in [5, 5.41) is 63.0. The van der Waals surface area contributed by atoms with Gasteiger partial charge < -0.3 is 40.5 Å². The summed E-state index contributed by atoms with van der Waals surface area (Å²) in [4.78, 5) is 10.1. The Bertz CT molecular complexity index is 210. The molecule has 0 bridgehead atoms. The maximum Gasteiger partial charge on any atom is 0.151 e. The Morgan fingerprint density at radius 1 is 0.812 bits per heavy atom. The van der Waals surface area contributed by atoms with Crippen molar-refractivity contribution >= 4 is 6.29 Å². The van der Waals surface area contributed by atoms with E-state index in [4.69, 9.17) is 25.5 Å². The fourth-order valence-electron chi connectivity index (χ4n) is 1.02. The predicted molar refractivity (Wildman–Crippen MR) is 49.2 cm³/mol. The number of hydrogen-bond donors (Lipinski definition) is 7. The van der Waals surface area contributed by atoms with Crippen LogP contribution in [-0.2, 0) is 4.79 Å². The zero-order valence-corrected chi connectivity index (χ0v) is 8.29. The first kappa shape index (κ1) is 15.4. The Balaban J connectivity index is 4.47. The topological polar surface area (TPSA) is 159 Å². The van der Waals surface area contributed by atoms with Gasteiger partial charge in [-0.1, -0.05) is 0 Å². The Hall–Kier alpha value is -0.610. The zero-order chi connectivity index (χ0) is 12.9. The Morgan fingerprint density at radius 2 is 1.25 bits per heavy atom. The van der Waals surface area contributed by atoms with Crippen LogP contribution in [0.4, 0.5) is 0 Å². The summed E-state index contributed by atoms with van der Waals surface area (Å²) in [5.41, 5.74) is 0. The van der Waals surface area contributed by atoms with Gasteiger partial charge in [-0.2, -0.15) is 0 Å². The van der Waals surface area contributed by atoms with Crippen LogP contribution in [0.15, 0.2) is 0 Å². The monoisotopic (exact) mass is 240 g/mol. The first-order valence-electron chi connectivity index (χ1n) is 4.51. The molecule has 96 valence electrons. The Kier molecular flexibility index (Phi) is 6.60. The van der Waals surface area contributed by atoms with E-state index < -0.39 is 43.2 Å². The molecule has 7 N–H and O–H groups in total. The van der Waals surface area contributed by atoms with Gasteiger partial charge in [0.15, 0.2) is 6.29 Å². The van der Waals surface area contributed by atoms with E-state index >= 15 is 0 Å². The minimum absolute atomic E-state index is 0.0601. The molecule has 0 aromatic carbocycles. The summed E-state index contributed by atoms with van der Waals surface area (Å²) in [6.07, 6.45) is -11.7. The van der Waals surface area contributed by atoms with Gasteiger partial charge in [-0.3, -0.25) is 0 Å². The zero-order valence-electron chi connectivity index (χ0n) is 8.29. The van der Waals surface area contributed by atoms with Crippen LogP contribution in [0.3, 0.4) is 0 Å². The molecule has 0 radical (unpaired) electrons. The number of hydrogen-bond acceptors (Lipinski definition) is 8. The van der Waals surface area contributed by atoms with E-state index in [-0.39, 0.29) is 6.29 Å². The van der Waals surface area contributed by atoms with Crippen LogP contribution in [0.1, 0.15) is 0 Å². The molecule has 0 aliphatic rings. The molecule has 0 unspecified atom stereocenters. The summed E-state index contributed by atoms with van der Waals surface area (Å²) in [6.45, 7) is -0.864.